The van der Waals surface area contributed by atoms with Crippen LogP contribution in [0.15, 0.2) is 26.0 Å². The third-order valence-corrected chi connectivity index (χ3v) is 11.6. The van der Waals surface area contributed by atoms with Crippen LogP contribution in [-0.2, 0) is 31.1 Å². The highest BCUT2D eigenvalue weighted by atomic mass is 32.2. The lowest BCUT2D eigenvalue weighted by Crippen LogP contribution is -2.53. The molecule has 2 N–H and O–H groups in total. The van der Waals surface area contributed by atoms with Gasteiger partial charge in [0.2, 0.25) is 0 Å². The van der Waals surface area contributed by atoms with E-state index in [2.05, 4.69) is 9.71 Å². The molecule has 1 amide bonds. The minimum Gasteiger partial charge on any atom is -0.511 e. The van der Waals surface area contributed by atoms with Crippen molar-refractivity contribution in [1.29, 1.82) is 0 Å². The summed E-state index contributed by atoms with van der Waals surface area (Å²) in [4.78, 5) is 15.8. The number of fused-ring (bicyclic) bond motifs is 2. The third kappa shape index (κ3) is 5.47. The Balaban J connectivity index is 1.50. The molecule has 1 aromatic rings. The standard InChI is InChI=1S/C25H35N3O6S3/c1-36(31,32)13-12-17-15-35-24-22(17)37(33,34)27-23(26-24)20-21(29)18-10-6-3-7-11-19(18)28(25(20)30)14-16-8-4-2-5-9-16/h15-16,18-19,29H,2-14H2,1H3,(H,26,27). The van der Waals surface area contributed by atoms with Crippen LogP contribution in [0.5, 0.6) is 0 Å². The molecule has 2 saturated carbocycles. The minimum absolute atomic E-state index is 0.0420. The summed E-state index contributed by atoms with van der Waals surface area (Å²) in [5, 5.41) is 16.3. The molecule has 0 saturated heterocycles. The molecule has 0 spiro atoms. The van der Waals surface area contributed by atoms with Crippen LogP contribution in [0.4, 0.5) is 5.00 Å². The second-order valence-corrected chi connectivity index (χ2v) is 15.6. The van der Waals surface area contributed by atoms with Crippen molar-refractivity contribution in [2.24, 2.45) is 16.2 Å². The predicted octanol–water partition coefficient (Wildman–Crippen LogP) is 4.03. The van der Waals surface area contributed by atoms with E-state index in [1.54, 1.807) is 5.38 Å². The second-order valence-electron chi connectivity index (χ2n) is 10.9. The first-order valence-electron chi connectivity index (χ1n) is 13.2. The Hall–Kier alpha value is -1.92. The van der Waals surface area contributed by atoms with Gasteiger partial charge in [0.1, 0.15) is 31.1 Å². The summed E-state index contributed by atoms with van der Waals surface area (Å²) in [5.74, 6) is -0.551. The molecule has 1 aromatic heterocycles. The largest absolute Gasteiger partial charge is 0.511 e. The summed E-state index contributed by atoms with van der Waals surface area (Å²) in [6.07, 6.45) is 11.4. The fraction of sp³-hybridized carbons (Fsp3) is 0.680. The van der Waals surface area contributed by atoms with Crippen LogP contribution in [0.3, 0.4) is 0 Å². The molecule has 2 unspecified atom stereocenters. The van der Waals surface area contributed by atoms with Crippen LogP contribution < -0.4 is 5.32 Å². The number of hydrogen-bond acceptors (Lipinski definition) is 8. The van der Waals surface area contributed by atoms with Gasteiger partial charge in [0.15, 0.2) is 5.84 Å². The first-order chi connectivity index (χ1) is 17.5. The average Bonchev–Trinajstić information content (AvgIpc) is 3.09. The number of rotatable bonds is 6. The highest BCUT2D eigenvalue weighted by Crippen LogP contribution is 2.42. The number of nitrogens with zero attached hydrogens (tertiary/aromatic N) is 2. The van der Waals surface area contributed by atoms with Crippen LogP contribution in [0.1, 0.15) is 69.8 Å². The molecular formula is C25H35N3O6S3. The number of nitrogens with one attached hydrogen (secondary N) is 1. The van der Waals surface area contributed by atoms with Crippen molar-refractivity contribution in [2.45, 2.75) is 81.6 Å². The number of carbonyl (C=O) groups is 1. The molecule has 0 radical (unpaired) electrons. The lowest BCUT2D eigenvalue weighted by molar-refractivity contribution is -0.133. The van der Waals surface area contributed by atoms with E-state index in [4.69, 9.17) is 0 Å². The van der Waals surface area contributed by atoms with Crippen molar-refractivity contribution < 1.29 is 26.7 Å². The van der Waals surface area contributed by atoms with Gasteiger partial charge in [0.25, 0.3) is 15.9 Å². The van der Waals surface area contributed by atoms with Gasteiger partial charge < -0.3 is 15.3 Å². The first-order valence-corrected chi connectivity index (χ1v) is 17.6. The number of carbonyl (C=O) groups excluding carboxylic acids is 1. The smallest absolute Gasteiger partial charge is 0.287 e. The van der Waals surface area contributed by atoms with Crippen molar-refractivity contribution in [3.8, 4) is 0 Å². The van der Waals surface area contributed by atoms with Crippen molar-refractivity contribution in [3.63, 3.8) is 0 Å². The lowest BCUT2D eigenvalue weighted by Gasteiger charge is -2.43. The Morgan fingerprint density at radius 1 is 1.11 bits per heavy atom. The van der Waals surface area contributed by atoms with E-state index in [0.29, 0.717) is 23.0 Å². The number of thiophene rings is 1. The predicted molar refractivity (Wildman–Crippen MR) is 144 cm³/mol. The minimum atomic E-state index is -4.20. The van der Waals surface area contributed by atoms with Crippen LogP contribution in [0.2, 0.25) is 0 Å². The van der Waals surface area contributed by atoms with Gasteiger partial charge in [-0.15, -0.1) is 15.7 Å². The molecule has 0 aromatic carbocycles. The van der Waals surface area contributed by atoms with Crippen molar-refractivity contribution in [2.75, 3.05) is 23.9 Å². The fourth-order valence-corrected chi connectivity index (χ4v) is 9.54. The number of aliphatic hydroxyl groups is 1. The number of aliphatic hydroxyl groups excluding tert-OH is 1. The molecule has 2 aliphatic carbocycles. The summed E-state index contributed by atoms with van der Waals surface area (Å²) in [5.41, 5.74) is 0.343. The quantitative estimate of drug-likeness (QED) is 0.528. The zero-order chi connectivity index (χ0) is 26.4. The number of aryl methyl sites for hydroxylation is 1. The van der Waals surface area contributed by atoms with Crippen molar-refractivity contribution in [3.05, 3.63) is 22.3 Å². The SMILES string of the molecule is CS(=O)(=O)CCc1csc2c1S(=O)(=O)N=C(C1=C(O)C3CCCCCC3N(CC3CCCCC3)C1=O)N2. The topological polar surface area (TPSA) is 133 Å². The fourth-order valence-electron chi connectivity index (χ4n) is 6.28. The third-order valence-electron chi connectivity index (χ3n) is 8.14. The Kier molecular flexibility index (Phi) is 7.45. The van der Waals surface area contributed by atoms with Gasteiger partial charge in [-0.1, -0.05) is 38.5 Å². The number of amidine groups is 1. The Bertz CT molecular complexity index is 1340. The molecule has 2 atom stereocenters. The molecule has 0 bridgehead atoms. The Labute approximate surface area is 223 Å². The van der Waals surface area contributed by atoms with Gasteiger partial charge in [0, 0.05) is 24.8 Å². The van der Waals surface area contributed by atoms with Crippen LogP contribution >= 0.6 is 11.3 Å². The van der Waals surface area contributed by atoms with Crippen molar-refractivity contribution in [1.82, 2.24) is 4.90 Å². The monoisotopic (exact) mass is 569 g/mol. The van der Waals surface area contributed by atoms with Crippen molar-refractivity contribution >= 4 is 47.9 Å². The number of sulfonamides is 1. The van der Waals surface area contributed by atoms with E-state index in [0.717, 1.165) is 75.4 Å². The average molecular weight is 570 g/mol. The van der Waals surface area contributed by atoms with E-state index in [9.17, 15) is 26.7 Å². The normalized spacial score (nSPS) is 26.7. The summed E-state index contributed by atoms with van der Waals surface area (Å²) in [6, 6.07) is -0.0821. The molecule has 4 aliphatic rings. The van der Waals surface area contributed by atoms with Gasteiger partial charge in [-0.3, -0.25) is 4.79 Å². The highest BCUT2D eigenvalue weighted by molar-refractivity contribution is 7.91. The van der Waals surface area contributed by atoms with Crippen LogP contribution in [0.25, 0.3) is 0 Å². The van der Waals surface area contributed by atoms with Gasteiger partial charge in [-0.05, 0) is 49.0 Å². The molecule has 12 heteroatoms. The molecule has 37 heavy (non-hydrogen) atoms. The maximum absolute atomic E-state index is 13.9. The first kappa shape index (κ1) is 26.7. The number of sulfone groups is 1. The summed E-state index contributed by atoms with van der Waals surface area (Å²) in [7, 11) is -7.48. The summed E-state index contributed by atoms with van der Waals surface area (Å²) < 4.78 is 53.8. The Morgan fingerprint density at radius 3 is 2.49 bits per heavy atom. The maximum atomic E-state index is 13.9. The van der Waals surface area contributed by atoms with E-state index in [1.165, 1.54) is 6.42 Å². The van der Waals surface area contributed by atoms with Crippen LogP contribution in [-0.4, -0.2) is 63.2 Å². The molecule has 5 rings (SSSR count). The molecule has 2 aliphatic heterocycles. The summed E-state index contributed by atoms with van der Waals surface area (Å²) in [6.45, 7) is 0.622. The number of hydrogen-bond donors (Lipinski definition) is 2. The molecule has 9 nitrogen and oxygen atoms in total. The molecule has 204 valence electrons. The molecule has 3 heterocycles. The number of amides is 1. The van der Waals surface area contributed by atoms with Gasteiger partial charge in [0.05, 0.1) is 5.75 Å². The zero-order valence-electron chi connectivity index (χ0n) is 21.1. The van der Waals surface area contributed by atoms with Gasteiger partial charge in [-0.25, -0.2) is 8.42 Å². The van der Waals surface area contributed by atoms with Gasteiger partial charge >= 0.3 is 0 Å². The number of anilines is 1. The van der Waals surface area contributed by atoms with E-state index in [-0.39, 0.29) is 52.1 Å². The van der Waals surface area contributed by atoms with E-state index < -0.39 is 19.9 Å². The maximum Gasteiger partial charge on any atom is 0.287 e. The van der Waals surface area contributed by atoms with Gasteiger partial charge in [-0.2, -0.15) is 8.42 Å². The Morgan fingerprint density at radius 2 is 1.78 bits per heavy atom. The molecular weight excluding hydrogens is 534 g/mol. The van der Waals surface area contributed by atoms with Crippen LogP contribution in [0, 0.1) is 11.8 Å². The second kappa shape index (κ2) is 10.3. The molecule has 2 fully saturated rings. The lowest BCUT2D eigenvalue weighted by atomic mass is 9.82. The van der Waals surface area contributed by atoms with E-state index in [1.807, 2.05) is 4.90 Å². The zero-order valence-corrected chi connectivity index (χ0v) is 23.6. The summed E-state index contributed by atoms with van der Waals surface area (Å²) >= 11 is 1.14. The highest BCUT2D eigenvalue weighted by Gasteiger charge is 2.45. The van der Waals surface area contributed by atoms with E-state index >= 15 is 0 Å².